The fourth-order valence-corrected chi connectivity index (χ4v) is 3.20. The van der Waals surface area contributed by atoms with E-state index in [9.17, 15) is 0 Å². The highest BCUT2D eigenvalue weighted by atomic mass is 79.9. The van der Waals surface area contributed by atoms with Crippen molar-refractivity contribution in [3.63, 3.8) is 0 Å². The van der Waals surface area contributed by atoms with E-state index in [0.29, 0.717) is 0 Å². The molecule has 2 nitrogen and oxygen atoms in total. The Morgan fingerprint density at radius 2 is 2.06 bits per heavy atom. The molecule has 0 amide bonds. The van der Waals surface area contributed by atoms with E-state index in [1.54, 1.807) is 11.3 Å². The topological polar surface area (TPSA) is 24.9 Å². The Morgan fingerprint density at radius 3 is 2.72 bits per heavy atom. The van der Waals surface area contributed by atoms with Gasteiger partial charge in [-0.25, -0.2) is 4.98 Å². The lowest BCUT2D eigenvalue weighted by Crippen LogP contribution is -2.14. The molecule has 0 atom stereocenters. The van der Waals surface area contributed by atoms with Crippen LogP contribution in [0.2, 0.25) is 0 Å². The van der Waals surface area contributed by atoms with Gasteiger partial charge in [-0.15, -0.1) is 11.3 Å². The molecule has 2 aromatic rings. The molecule has 1 heterocycles. The van der Waals surface area contributed by atoms with Crippen molar-refractivity contribution in [3.05, 3.63) is 39.4 Å². The number of nitrogens with zero attached hydrogens (tertiary/aromatic N) is 1. The van der Waals surface area contributed by atoms with E-state index in [4.69, 9.17) is 0 Å². The summed E-state index contributed by atoms with van der Waals surface area (Å²) in [7, 11) is 0. The predicted octanol–water partition coefficient (Wildman–Crippen LogP) is 4.13. The second-order valence-corrected chi connectivity index (χ2v) is 6.68. The summed E-state index contributed by atoms with van der Waals surface area (Å²) in [6, 6.07) is 9.18. The number of nitrogens with one attached hydrogen (secondary N) is 1. The van der Waals surface area contributed by atoms with E-state index >= 15 is 0 Å². The minimum atomic E-state index is 0.741. The molecule has 0 unspecified atom stereocenters. The Kier molecular flexibility index (Phi) is 3.50. The Morgan fingerprint density at radius 1 is 1.33 bits per heavy atom. The van der Waals surface area contributed by atoms with Crippen LogP contribution in [0.1, 0.15) is 23.5 Å². The molecule has 0 spiro atoms. The maximum absolute atomic E-state index is 4.65. The molecule has 1 aliphatic carbocycles. The van der Waals surface area contributed by atoms with Crippen molar-refractivity contribution < 1.29 is 0 Å². The van der Waals surface area contributed by atoms with Crippen molar-refractivity contribution in [2.24, 2.45) is 0 Å². The number of hydrogen-bond acceptors (Lipinski definition) is 3. The van der Waals surface area contributed by atoms with Gasteiger partial charge in [-0.3, -0.25) is 0 Å². The predicted molar refractivity (Wildman–Crippen MR) is 79.8 cm³/mol. The lowest BCUT2D eigenvalue weighted by Gasteiger charge is -1.98. The lowest BCUT2D eigenvalue weighted by atomic mass is 10.2. The second kappa shape index (κ2) is 5.11. The zero-order valence-corrected chi connectivity index (χ0v) is 12.6. The van der Waals surface area contributed by atoms with Gasteiger partial charge >= 0.3 is 0 Å². The SMILES string of the molecule is Cc1nc(CNC2CC2)sc1-c1ccc(Br)cc1. The van der Waals surface area contributed by atoms with Crippen LogP contribution >= 0.6 is 27.3 Å². The van der Waals surface area contributed by atoms with E-state index in [2.05, 4.69) is 57.4 Å². The van der Waals surface area contributed by atoms with Crippen molar-refractivity contribution in [2.45, 2.75) is 32.4 Å². The molecular weight excluding hydrogens is 308 g/mol. The van der Waals surface area contributed by atoms with Gasteiger partial charge in [-0.05, 0) is 37.5 Å². The molecule has 1 aromatic carbocycles. The van der Waals surface area contributed by atoms with Crippen LogP contribution in [-0.4, -0.2) is 11.0 Å². The van der Waals surface area contributed by atoms with Gasteiger partial charge in [0.05, 0.1) is 10.6 Å². The first-order chi connectivity index (χ1) is 8.72. The van der Waals surface area contributed by atoms with Gasteiger partial charge in [-0.2, -0.15) is 0 Å². The highest BCUT2D eigenvalue weighted by molar-refractivity contribution is 9.10. The monoisotopic (exact) mass is 322 g/mol. The number of halogens is 1. The Bertz CT molecular complexity index is 543. The molecule has 18 heavy (non-hydrogen) atoms. The third-order valence-corrected chi connectivity index (χ3v) is 4.80. The first-order valence-corrected chi connectivity index (χ1v) is 7.79. The van der Waals surface area contributed by atoms with Gasteiger partial charge in [-0.1, -0.05) is 28.1 Å². The van der Waals surface area contributed by atoms with Gasteiger partial charge in [0.2, 0.25) is 0 Å². The van der Waals surface area contributed by atoms with Crippen LogP contribution in [0.4, 0.5) is 0 Å². The first-order valence-electron chi connectivity index (χ1n) is 6.18. The van der Waals surface area contributed by atoms with Gasteiger partial charge in [0.1, 0.15) is 5.01 Å². The standard InChI is InChI=1S/C14H15BrN2S/c1-9-14(10-2-4-11(15)5-3-10)18-13(17-9)8-16-12-6-7-12/h2-5,12,16H,6-8H2,1H3. The van der Waals surface area contributed by atoms with Gasteiger partial charge in [0.15, 0.2) is 0 Å². The molecule has 1 N–H and O–H groups in total. The molecular formula is C14H15BrN2S. The Hall–Kier alpha value is -0.710. The van der Waals surface area contributed by atoms with Gasteiger partial charge in [0.25, 0.3) is 0 Å². The summed E-state index contributed by atoms with van der Waals surface area (Å²) in [5.74, 6) is 0. The fourth-order valence-electron chi connectivity index (χ4n) is 1.92. The second-order valence-electron chi connectivity index (χ2n) is 4.68. The number of rotatable bonds is 4. The number of thiazole rings is 1. The molecule has 0 aliphatic heterocycles. The molecule has 0 saturated heterocycles. The zero-order chi connectivity index (χ0) is 12.5. The highest BCUT2D eigenvalue weighted by Crippen LogP contribution is 2.31. The summed E-state index contributed by atoms with van der Waals surface area (Å²) in [6.07, 6.45) is 2.65. The summed E-state index contributed by atoms with van der Waals surface area (Å²) in [4.78, 5) is 5.94. The number of aromatic nitrogens is 1. The van der Waals surface area contributed by atoms with E-state index in [0.717, 1.165) is 22.8 Å². The maximum atomic E-state index is 4.65. The lowest BCUT2D eigenvalue weighted by molar-refractivity contribution is 0.683. The maximum Gasteiger partial charge on any atom is 0.107 e. The fraction of sp³-hybridized carbons (Fsp3) is 0.357. The molecule has 4 heteroatoms. The third kappa shape index (κ3) is 2.82. The van der Waals surface area contributed by atoms with Crippen LogP contribution < -0.4 is 5.32 Å². The van der Waals surface area contributed by atoms with E-state index in [1.807, 2.05) is 0 Å². The van der Waals surface area contributed by atoms with Gasteiger partial charge in [0, 0.05) is 17.1 Å². The minimum absolute atomic E-state index is 0.741. The van der Waals surface area contributed by atoms with Gasteiger partial charge < -0.3 is 5.32 Å². The Labute approximate surface area is 120 Å². The smallest absolute Gasteiger partial charge is 0.107 e. The molecule has 1 saturated carbocycles. The quantitative estimate of drug-likeness (QED) is 0.915. The Balaban J connectivity index is 1.80. The van der Waals surface area contributed by atoms with Crippen LogP contribution in [-0.2, 0) is 6.54 Å². The summed E-state index contributed by atoms with van der Waals surface area (Å²) < 4.78 is 1.11. The number of aryl methyl sites for hydroxylation is 1. The average Bonchev–Trinajstić information content (AvgIpc) is 3.12. The highest BCUT2D eigenvalue weighted by Gasteiger charge is 2.21. The summed E-state index contributed by atoms with van der Waals surface area (Å²) >= 11 is 5.27. The van der Waals surface area contributed by atoms with Crippen LogP contribution in [0.3, 0.4) is 0 Å². The molecule has 0 radical (unpaired) electrons. The van der Waals surface area contributed by atoms with Crippen LogP contribution in [0.25, 0.3) is 10.4 Å². The molecule has 94 valence electrons. The summed E-state index contributed by atoms with van der Waals surface area (Å²) in [5, 5.41) is 4.71. The summed E-state index contributed by atoms with van der Waals surface area (Å²) in [6.45, 7) is 3.00. The van der Waals surface area contributed by atoms with Crippen LogP contribution in [0, 0.1) is 6.92 Å². The van der Waals surface area contributed by atoms with Crippen LogP contribution in [0.15, 0.2) is 28.7 Å². The van der Waals surface area contributed by atoms with E-state index < -0.39 is 0 Å². The zero-order valence-electron chi connectivity index (χ0n) is 10.2. The first kappa shape index (κ1) is 12.3. The van der Waals surface area contributed by atoms with E-state index in [-0.39, 0.29) is 0 Å². The third-order valence-electron chi connectivity index (χ3n) is 3.07. The summed E-state index contributed by atoms with van der Waals surface area (Å²) in [5.41, 5.74) is 2.39. The van der Waals surface area contributed by atoms with Crippen molar-refractivity contribution in [1.29, 1.82) is 0 Å². The normalized spacial score (nSPS) is 15.0. The molecule has 0 bridgehead atoms. The number of hydrogen-bond donors (Lipinski definition) is 1. The van der Waals surface area contributed by atoms with Crippen molar-refractivity contribution in [1.82, 2.24) is 10.3 Å². The molecule has 1 aromatic heterocycles. The van der Waals surface area contributed by atoms with Crippen LogP contribution in [0.5, 0.6) is 0 Å². The van der Waals surface area contributed by atoms with Crippen molar-refractivity contribution >= 4 is 27.3 Å². The van der Waals surface area contributed by atoms with E-state index in [1.165, 1.54) is 28.3 Å². The molecule has 1 aliphatic rings. The van der Waals surface area contributed by atoms with Crippen molar-refractivity contribution in [3.8, 4) is 10.4 Å². The largest absolute Gasteiger partial charge is 0.308 e. The average molecular weight is 323 g/mol. The minimum Gasteiger partial charge on any atom is -0.308 e. The molecule has 3 rings (SSSR count). The van der Waals surface area contributed by atoms with Crippen molar-refractivity contribution in [2.75, 3.05) is 0 Å². The number of benzene rings is 1. The molecule has 1 fully saturated rings.